The molecule has 0 radical (unpaired) electrons. The fourth-order valence-electron chi connectivity index (χ4n) is 1.49. The molecular formula is C12H12IO5P. The first-order chi connectivity index (χ1) is 8.92. The monoisotopic (exact) mass is 394 g/mol. The number of benzene rings is 2. The van der Waals surface area contributed by atoms with Gasteiger partial charge in [-0.2, -0.15) is 0 Å². The van der Waals surface area contributed by atoms with Crippen molar-refractivity contribution >= 4 is 26.7 Å². The van der Waals surface area contributed by atoms with Crippen molar-refractivity contribution in [3.8, 4) is 0 Å². The van der Waals surface area contributed by atoms with Crippen LogP contribution in [0.1, 0.15) is 0 Å². The summed E-state index contributed by atoms with van der Waals surface area (Å²) in [5, 5.41) is 0. The summed E-state index contributed by atoms with van der Waals surface area (Å²) in [7, 11) is -4.85. The van der Waals surface area contributed by atoms with Crippen LogP contribution in [0.15, 0.2) is 60.7 Å². The quantitative estimate of drug-likeness (QED) is 0.615. The van der Waals surface area contributed by atoms with Gasteiger partial charge in [-0.3, -0.25) is 0 Å². The van der Waals surface area contributed by atoms with Crippen LogP contribution in [-0.2, 0) is 10.5 Å². The molecule has 0 unspecified atom stereocenters. The average Bonchev–Trinajstić information content (AvgIpc) is 2.39. The van der Waals surface area contributed by atoms with Gasteiger partial charge in [0.25, 0.3) is 0 Å². The minimum atomic E-state index is -4.85. The van der Waals surface area contributed by atoms with E-state index in [4.69, 9.17) is 9.79 Å². The summed E-state index contributed by atoms with van der Waals surface area (Å²) >= 11 is -4.66. The van der Waals surface area contributed by atoms with Crippen molar-refractivity contribution in [1.82, 2.24) is 0 Å². The second kappa shape index (κ2) is 5.60. The number of halogens is 1. The van der Waals surface area contributed by atoms with Gasteiger partial charge in [0.15, 0.2) is 0 Å². The molecule has 0 saturated carbocycles. The minimum absolute atomic E-state index is 0.309. The Morgan fingerprint density at radius 1 is 0.842 bits per heavy atom. The summed E-state index contributed by atoms with van der Waals surface area (Å²) in [5.74, 6) is 0. The molecule has 19 heavy (non-hydrogen) atoms. The van der Waals surface area contributed by atoms with Gasteiger partial charge in [0.05, 0.1) is 0 Å². The van der Waals surface area contributed by atoms with Gasteiger partial charge in [0.1, 0.15) is 0 Å². The summed E-state index contributed by atoms with van der Waals surface area (Å²) in [6, 6.07) is 16.3. The number of rotatable bonds is 4. The van der Waals surface area contributed by atoms with E-state index in [-0.39, 0.29) is 0 Å². The van der Waals surface area contributed by atoms with E-state index in [0.717, 1.165) is 0 Å². The zero-order valence-electron chi connectivity index (χ0n) is 9.72. The molecule has 0 spiro atoms. The SMILES string of the molecule is O=P(O)(O)OI(=O)(c1ccccc1)c1ccccc1. The van der Waals surface area contributed by atoms with Crippen molar-refractivity contribution in [1.29, 1.82) is 0 Å². The molecule has 0 amide bonds. The fraction of sp³-hybridized carbons (Fsp3) is 0. The van der Waals surface area contributed by atoms with E-state index in [0.29, 0.717) is 7.14 Å². The Labute approximate surface area is 114 Å². The molecule has 0 aliphatic carbocycles. The third-order valence-corrected chi connectivity index (χ3v) is 10.5. The molecule has 0 aromatic heterocycles. The van der Waals surface area contributed by atoms with Crippen LogP contribution in [0.2, 0.25) is 0 Å². The van der Waals surface area contributed by atoms with E-state index in [1.54, 1.807) is 60.7 Å². The van der Waals surface area contributed by atoms with Crippen molar-refractivity contribution in [2.24, 2.45) is 0 Å². The molecule has 0 atom stereocenters. The van der Waals surface area contributed by atoms with Crippen LogP contribution >= 0.6 is 26.7 Å². The number of hydrogen-bond donors (Lipinski definition) is 2. The van der Waals surface area contributed by atoms with Gasteiger partial charge in [0, 0.05) is 0 Å². The van der Waals surface area contributed by atoms with Crippen LogP contribution in [0, 0.1) is 7.14 Å². The molecule has 2 aromatic carbocycles. The second-order valence-corrected chi connectivity index (χ2v) is 11.1. The molecule has 0 aliphatic rings. The van der Waals surface area contributed by atoms with Crippen molar-refractivity contribution in [3.05, 3.63) is 67.8 Å². The van der Waals surface area contributed by atoms with E-state index < -0.39 is 26.7 Å². The molecular weight excluding hydrogens is 382 g/mol. The van der Waals surface area contributed by atoms with Gasteiger partial charge >= 0.3 is 115 Å². The fourth-order valence-corrected chi connectivity index (χ4v) is 8.88. The van der Waals surface area contributed by atoms with Crippen molar-refractivity contribution in [2.75, 3.05) is 0 Å². The molecule has 0 bridgehead atoms. The molecule has 2 rings (SSSR count). The predicted octanol–water partition coefficient (Wildman–Crippen LogP) is 3.14. The molecule has 102 valence electrons. The van der Waals surface area contributed by atoms with E-state index >= 15 is 0 Å². The van der Waals surface area contributed by atoms with Crippen molar-refractivity contribution < 1.29 is 20.3 Å². The Kier molecular flexibility index (Phi) is 4.27. The van der Waals surface area contributed by atoms with Crippen LogP contribution in [0.5, 0.6) is 0 Å². The third kappa shape index (κ3) is 3.55. The summed E-state index contributed by atoms with van der Waals surface area (Å²) < 4.78 is 29.4. The van der Waals surface area contributed by atoms with Crippen LogP contribution in [-0.4, -0.2) is 9.79 Å². The Balaban J connectivity index is 2.58. The molecule has 0 aliphatic heterocycles. The van der Waals surface area contributed by atoms with Crippen LogP contribution < -0.4 is 0 Å². The zero-order chi connectivity index (χ0) is 13.9. The van der Waals surface area contributed by atoms with E-state index in [9.17, 15) is 7.63 Å². The summed E-state index contributed by atoms with van der Waals surface area (Å²) in [5.41, 5.74) is 0. The standard InChI is InChI=1S/C12H12IO5P/c14-13(18-19(15,16)17,11-7-3-1-4-8-11)12-9-5-2-6-10-12/h1-10H,(H2,15,16,17). The van der Waals surface area contributed by atoms with Gasteiger partial charge in [0.2, 0.25) is 0 Å². The summed E-state index contributed by atoms with van der Waals surface area (Å²) in [6.07, 6.45) is 0. The van der Waals surface area contributed by atoms with Gasteiger partial charge < -0.3 is 0 Å². The zero-order valence-corrected chi connectivity index (χ0v) is 12.8. The average molecular weight is 394 g/mol. The van der Waals surface area contributed by atoms with Gasteiger partial charge in [-0.15, -0.1) is 0 Å². The van der Waals surface area contributed by atoms with Crippen molar-refractivity contribution in [2.45, 2.75) is 0 Å². The van der Waals surface area contributed by atoms with Crippen LogP contribution in [0.4, 0.5) is 0 Å². The normalized spacial score (nSPS) is 13.2. The molecule has 2 N–H and O–H groups in total. The maximum absolute atomic E-state index is 13.0. The predicted molar refractivity (Wildman–Crippen MR) is 78.1 cm³/mol. The molecule has 0 fully saturated rings. The summed E-state index contributed by atoms with van der Waals surface area (Å²) in [6.45, 7) is 0. The Morgan fingerprint density at radius 2 is 1.21 bits per heavy atom. The molecule has 0 heterocycles. The topological polar surface area (TPSA) is 83.8 Å². The van der Waals surface area contributed by atoms with Crippen LogP contribution in [0.3, 0.4) is 0 Å². The Morgan fingerprint density at radius 3 is 1.53 bits per heavy atom. The first kappa shape index (κ1) is 14.5. The number of phosphoric acid groups is 1. The Hall–Kier alpha value is -0.920. The second-order valence-electron chi connectivity index (χ2n) is 3.62. The van der Waals surface area contributed by atoms with Crippen molar-refractivity contribution in [3.63, 3.8) is 0 Å². The number of hydrogen-bond acceptors (Lipinski definition) is 3. The molecule has 2 aromatic rings. The van der Waals surface area contributed by atoms with E-state index in [2.05, 4.69) is 2.85 Å². The molecule has 7 heteroatoms. The maximum atomic E-state index is 13.0. The summed E-state index contributed by atoms with van der Waals surface area (Å²) in [4.78, 5) is 18.0. The third-order valence-electron chi connectivity index (χ3n) is 2.23. The molecule has 5 nitrogen and oxygen atoms in total. The van der Waals surface area contributed by atoms with E-state index in [1.165, 1.54) is 0 Å². The molecule has 0 saturated heterocycles. The van der Waals surface area contributed by atoms with Gasteiger partial charge in [-0.25, -0.2) is 0 Å². The van der Waals surface area contributed by atoms with Gasteiger partial charge in [-0.05, 0) is 0 Å². The first-order valence-corrected chi connectivity index (χ1v) is 10.7. The van der Waals surface area contributed by atoms with E-state index in [1.807, 2.05) is 0 Å². The van der Waals surface area contributed by atoms with Crippen LogP contribution in [0.25, 0.3) is 0 Å². The first-order valence-electron chi connectivity index (χ1n) is 5.27. The van der Waals surface area contributed by atoms with Gasteiger partial charge in [-0.1, -0.05) is 0 Å². The Bertz CT molecular complexity index is 594.